The molecule has 1 aliphatic heterocycles. The van der Waals surface area contributed by atoms with Crippen molar-refractivity contribution in [3.8, 4) is 0 Å². The van der Waals surface area contributed by atoms with E-state index in [1.54, 1.807) is 16.8 Å². The van der Waals surface area contributed by atoms with Gasteiger partial charge in [0.15, 0.2) is 0 Å². The molecule has 0 bridgehead atoms. The molecule has 2 heterocycles. The van der Waals surface area contributed by atoms with E-state index in [4.69, 9.17) is 5.11 Å². The first-order chi connectivity index (χ1) is 8.15. The van der Waals surface area contributed by atoms with Crippen molar-refractivity contribution in [2.45, 2.75) is 32.7 Å². The van der Waals surface area contributed by atoms with Gasteiger partial charge in [0.25, 0.3) is 0 Å². The van der Waals surface area contributed by atoms with E-state index in [2.05, 4.69) is 16.8 Å². The van der Waals surface area contributed by atoms with Crippen LogP contribution in [0.4, 0.5) is 0 Å². The average molecular weight is 254 g/mol. The Morgan fingerprint density at radius 3 is 3.24 bits per heavy atom. The van der Waals surface area contributed by atoms with Crippen molar-refractivity contribution < 1.29 is 9.90 Å². The van der Waals surface area contributed by atoms with Crippen molar-refractivity contribution in [1.82, 2.24) is 9.88 Å². The summed E-state index contributed by atoms with van der Waals surface area (Å²) in [6, 6.07) is 0. The van der Waals surface area contributed by atoms with Crippen LogP contribution >= 0.6 is 11.3 Å². The molecule has 4 nitrogen and oxygen atoms in total. The molecule has 1 atom stereocenters. The summed E-state index contributed by atoms with van der Waals surface area (Å²) in [5, 5.41) is 8.81. The highest BCUT2D eigenvalue weighted by atomic mass is 32.1. The van der Waals surface area contributed by atoms with Crippen LogP contribution in [0.2, 0.25) is 0 Å². The summed E-state index contributed by atoms with van der Waals surface area (Å²) in [6.07, 6.45) is 2.59. The number of rotatable bonds is 4. The number of likely N-dealkylation sites (tertiary alicyclic amines) is 1. The molecule has 0 radical (unpaired) electrons. The fraction of sp³-hybridized carbons (Fsp3) is 0.667. The zero-order valence-electron chi connectivity index (χ0n) is 10.1. The van der Waals surface area contributed by atoms with Gasteiger partial charge in [-0.15, -0.1) is 11.3 Å². The Morgan fingerprint density at radius 1 is 1.71 bits per heavy atom. The molecule has 1 N–H and O–H groups in total. The lowest BCUT2D eigenvalue weighted by molar-refractivity contribution is -0.136. The first-order valence-electron chi connectivity index (χ1n) is 6.00. The standard InChI is InChI=1S/C12H18N2O2S/c1-9-3-2-4-14(6-9)7-11-10(5-12(15)16)13-8-17-11/h8-9H,2-7H2,1H3,(H,15,16). The van der Waals surface area contributed by atoms with Gasteiger partial charge in [-0.25, -0.2) is 4.98 Å². The Morgan fingerprint density at radius 2 is 2.53 bits per heavy atom. The lowest BCUT2D eigenvalue weighted by Gasteiger charge is -2.30. The quantitative estimate of drug-likeness (QED) is 0.893. The third-order valence-electron chi connectivity index (χ3n) is 3.15. The van der Waals surface area contributed by atoms with Gasteiger partial charge >= 0.3 is 5.97 Å². The fourth-order valence-electron chi connectivity index (χ4n) is 2.34. The Balaban J connectivity index is 1.98. The van der Waals surface area contributed by atoms with Crippen LogP contribution < -0.4 is 0 Å². The van der Waals surface area contributed by atoms with Crippen molar-refractivity contribution >= 4 is 17.3 Å². The number of piperidine rings is 1. The summed E-state index contributed by atoms with van der Waals surface area (Å²) in [7, 11) is 0. The van der Waals surface area contributed by atoms with Crippen LogP contribution in [0, 0.1) is 5.92 Å². The van der Waals surface area contributed by atoms with Gasteiger partial charge < -0.3 is 5.11 Å². The number of nitrogens with zero attached hydrogens (tertiary/aromatic N) is 2. The van der Waals surface area contributed by atoms with E-state index in [1.807, 2.05) is 0 Å². The zero-order chi connectivity index (χ0) is 12.3. The van der Waals surface area contributed by atoms with E-state index in [1.165, 1.54) is 12.8 Å². The number of thiazole rings is 1. The van der Waals surface area contributed by atoms with Crippen LogP contribution in [0.25, 0.3) is 0 Å². The number of carboxylic acid groups (broad SMARTS) is 1. The largest absolute Gasteiger partial charge is 0.481 e. The van der Waals surface area contributed by atoms with Crippen LogP contribution in [0.5, 0.6) is 0 Å². The summed E-state index contributed by atoms with van der Waals surface area (Å²) in [5.74, 6) is -0.0521. The van der Waals surface area contributed by atoms with Crippen LogP contribution in [0.1, 0.15) is 30.3 Å². The number of aliphatic carboxylic acids is 1. The summed E-state index contributed by atoms with van der Waals surface area (Å²) < 4.78 is 0. The highest BCUT2D eigenvalue weighted by Crippen LogP contribution is 2.21. The topological polar surface area (TPSA) is 53.4 Å². The molecule has 1 aromatic heterocycles. The van der Waals surface area contributed by atoms with E-state index in [-0.39, 0.29) is 6.42 Å². The maximum Gasteiger partial charge on any atom is 0.309 e. The molecule has 17 heavy (non-hydrogen) atoms. The summed E-state index contributed by atoms with van der Waals surface area (Å²) in [4.78, 5) is 18.4. The number of aromatic nitrogens is 1. The van der Waals surface area contributed by atoms with E-state index in [0.29, 0.717) is 0 Å². The molecule has 0 aliphatic carbocycles. The second-order valence-corrected chi connectivity index (χ2v) is 5.71. The smallest absolute Gasteiger partial charge is 0.309 e. The predicted molar refractivity (Wildman–Crippen MR) is 67.1 cm³/mol. The molecule has 0 saturated carbocycles. The van der Waals surface area contributed by atoms with Gasteiger partial charge in [-0.1, -0.05) is 6.92 Å². The van der Waals surface area contributed by atoms with Gasteiger partial charge in [0.1, 0.15) is 0 Å². The van der Waals surface area contributed by atoms with Gasteiger partial charge in [0, 0.05) is 18.0 Å². The minimum atomic E-state index is -0.802. The van der Waals surface area contributed by atoms with Crippen molar-refractivity contribution in [3.05, 3.63) is 16.1 Å². The lowest BCUT2D eigenvalue weighted by Crippen LogP contribution is -2.33. The fourth-order valence-corrected chi connectivity index (χ4v) is 3.17. The van der Waals surface area contributed by atoms with E-state index < -0.39 is 5.97 Å². The number of carboxylic acids is 1. The normalized spacial score (nSPS) is 21.6. The third-order valence-corrected chi connectivity index (χ3v) is 4.01. The second kappa shape index (κ2) is 5.60. The van der Waals surface area contributed by atoms with Crippen molar-refractivity contribution in [2.24, 2.45) is 5.92 Å². The maximum atomic E-state index is 10.7. The monoisotopic (exact) mass is 254 g/mol. The number of carbonyl (C=O) groups is 1. The van der Waals surface area contributed by atoms with Crippen LogP contribution in [0.3, 0.4) is 0 Å². The number of hydrogen-bond acceptors (Lipinski definition) is 4. The molecule has 0 amide bonds. The summed E-state index contributed by atoms with van der Waals surface area (Å²) in [6.45, 7) is 5.37. The van der Waals surface area contributed by atoms with Gasteiger partial charge in [-0.05, 0) is 25.3 Å². The molecule has 0 spiro atoms. The second-order valence-electron chi connectivity index (χ2n) is 4.78. The van der Waals surface area contributed by atoms with Crippen LogP contribution in [0.15, 0.2) is 5.51 Å². The van der Waals surface area contributed by atoms with Crippen LogP contribution in [-0.2, 0) is 17.8 Å². The van der Waals surface area contributed by atoms with Gasteiger partial charge in [-0.3, -0.25) is 9.69 Å². The Hall–Kier alpha value is -0.940. The first-order valence-corrected chi connectivity index (χ1v) is 6.88. The van der Waals surface area contributed by atoms with E-state index in [9.17, 15) is 4.79 Å². The minimum Gasteiger partial charge on any atom is -0.481 e. The first kappa shape index (κ1) is 12.5. The predicted octanol–water partition coefficient (Wildman–Crippen LogP) is 2.00. The summed E-state index contributed by atoms with van der Waals surface area (Å²) >= 11 is 1.57. The van der Waals surface area contributed by atoms with Crippen molar-refractivity contribution in [2.75, 3.05) is 13.1 Å². The molecule has 1 unspecified atom stereocenters. The van der Waals surface area contributed by atoms with Crippen LogP contribution in [-0.4, -0.2) is 34.0 Å². The molecule has 94 valence electrons. The molecule has 1 saturated heterocycles. The van der Waals surface area contributed by atoms with Crippen molar-refractivity contribution in [1.29, 1.82) is 0 Å². The summed E-state index contributed by atoms with van der Waals surface area (Å²) in [5.41, 5.74) is 2.49. The molecule has 1 aromatic rings. The zero-order valence-corrected chi connectivity index (χ0v) is 10.9. The Kier molecular flexibility index (Phi) is 4.12. The van der Waals surface area contributed by atoms with Crippen molar-refractivity contribution in [3.63, 3.8) is 0 Å². The SMILES string of the molecule is CC1CCCN(Cc2scnc2CC(=O)O)C1. The highest BCUT2D eigenvalue weighted by Gasteiger charge is 2.19. The maximum absolute atomic E-state index is 10.7. The Bertz CT molecular complexity index is 392. The van der Waals surface area contributed by atoms with E-state index in [0.717, 1.165) is 36.1 Å². The van der Waals surface area contributed by atoms with Gasteiger partial charge in [-0.2, -0.15) is 0 Å². The third kappa shape index (κ3) is 3.51. The molecule has 1 fully saturated rings. The highest BCUT2D eigenvalue weighted by molar-refractivity contribution is 7.09. The molecule has 2 rings (SSSR count). The molecular formula is C12H18N2O2S. The molecule has 5 heteroatoms. The molecular weight excluding hydrogens is 236 g/mol. The molecule has 0 aromatic carbocycles. The van der Waals surface area contributed by atoms with Gasteiger partial charge in [0.2, 0.25) is 0 Å². The minimum absolute atomic E-state index is 0.0439. The van der Waals surface area contributed by atoms with E-state index >= 15 is 0 Å². The number of hydrogen-bond donors (Lipinski definition) is 1. The average Bonchev–Trinajstić information content (AvgIpc) is 2.65. The molecule has 1 aliphatic rings. The lowest BCUT2D eigenvalue weighted by atomic mass is 10.0. The Labute approximate surface area is 105 Å². The van der Waals surface area contributed by atoms with Gasteiger partial charge in [0.05, 0.1) is 17.6 Å².